The summed E-state index contributed by atoms with van der Waals surface area (Å²) in [5.74, 6) is -1.80. The third-order valence-corrected chi connectivity index (χ3v) is 5.73. The van der Waals surface area contributed by atoms with Crippen LogP contribution in [0.2, 0.25) is 5.02 Å². The van der Waals surface area contributed by atoms with Crippen molar-refractivity contribution < 1.29 is 20.4 Å². The molecule has 170 valence electrons. The summed E-state index contributed by atoms with van der Waals surface area (Å²) in [4.78, 5) is 26.8. The first-order chi connectivity index (χ1) is 15.2. The van der Waals surface area contributed by atoms with Crippen molar-refractivity contribution in [2.24, 2.45) is 0 Å². The molecule has 0 fully saturated rings. The fourth-order valence-corrected chi connectivity index (χ4v) is 4.09. The fraction of sp³-hybridized carbons (Fsp3) is 0.304. The van der Waals surface area contributed by atoms with Gasteiger partial charge in [-0.2, -0.15) is 0 Å². The molecule has 0 aliphatic rings. The minimum absolute atomic E-state index is 0.0000903. The summed E-state index contributed by atoms with van der Waals surface area (Å²) < 4.78 is 2.60. The van der Waals surface area contributed by atoms with Gasteiger partial charge in [0.25, 0.3) is 11.1 Å². The Morgan fingerprint density at radius 3 is 1.59 bits per heavy atom. The van der Waals surface area contributed by atoms with E-state index in [1.54, 1.807) is 38.1 Å². The van der Waals surface area contributed by atoms with Gasteiger partial charge in [-0.1, -0.05) is 23.7 Å². The summed E-state index contributed by atoms with van der Waals surface area (Å²) in [6.07, 6.45) is 0. The van der Waals surface area contributed by atoms with E-state index >= 15 is 0 Å². The molecule has 3 rings (SSSR count). The molecule has 0 radical (unpaired) electrons. The van der Waals surface area contributed by atoms with E-state index < -0.39 is 17.0 Å². The quantitative estimate of drug-likeness (QED) is 0.426. The second kappa shape index (κ2) is 9.60. The lowest BCUT2D eigenvalue weighted by Gasteiger charge is -2.23. The van der Waals surface area contributed by atoms with Crippen molar-refractivity contribution in [3.8, 4) is 11.5 Å². The molecule has 0 aliphatic carbocycles. The minimum atomic E-state index is -1.12. The van der Waals surface area contributed by atoms with Crippen LogP contribution >= 0.6 is 11.6 Å². The first-order valence-electron chi connectivity index (χ1n) is 10.0. The zero-order chi connectivity index (χ0) is 23.6. The monoisotopic (exact) mass is 460 g/mol. The molecular weight excluding hydrogens is 436 g/mol. The topological polar surface area (TPSA) is 125 Å². The number of aromatic nitrogens is 2. The number of benzene rings is 1. The molecule has 0 aliphatic heterocycles. The highest BCUT2D eigenvalue weighted by atomic mass is 35.5. The third kappa shape index (κ3) is 4.29. The van der Waals surface area contributed by atoms with Crippen LogP contribution in [0, 0.1) is 13.8 Å². The van der Waals surface area contributed by atoms with Crippen LogP contribution in [0.15, 0.2) is 46.0 Å². The van der Waals surface area contributed by atoms with Gasteiger partial charge in [0.15, 0.2) is 0 Å². The van der Waals surface area contributed by atoms with Crippen LogP contribution in [0.5, 0.6) is 11.5 Å². The van der Waals surface area contributed by atoms with Crippen molar-refractivity contribution in [3.63, 3.8) is 0 Å². The van der Waals surface area contributed by atoms with Crippen molar-refractivity contribution in [2.45, 2.75) is 32.9 Å². The molecular formula is C23H25ClN2O6. The Hall–Kier alpha value is -3.07. The molecule has 2 aromatic heterocycles. The number of aliphatic hydroxyl groups is 2. The highest BCUT2D eigenvalue weighted by Crippen LogP contribution is 2.38. The highest BCUT2D eigenvalue weighted by molar-refractivity contribution is 6.30. The summed E-state index contributed by atoms with van der Waals surface area (Å²) in [6.45, 7) is 2.65. The molecule has 0 saturated heterocycles. The summed E-state index contributed by atoms with van der Waals surface area (Å²) in [5, 5.41) is 40.8. The molecule has 32 heavy (non-hydrogen) atoms. The SMILES string of the molecule is Cc1cc(O)c(C(c2ccc(Cl)cc2)c2c(O)cc(C)n(CCO)c2=O)c(=O)n1CCO. The smallest absolute Gasteiger partial charge is 0.258 e. The maximum Gasteiger partial charge on any atom is 0.258 e. The Morgan fingerprint density at radius 1 is 0.812 bits per heavy atom. The Balaban J connectivity index is 2.44. The van der Waals surface area contributed by atoms with E-state index in [1.165, 1.54) is 21.3 Å². The summed E-state index contributed by atoms with van der Waals surface area (Å²) in [5.41, 5.74) is -0.0875. The summed E-state index contributed by atoms with van der Waals surface area (Å²) >= 11 is 6.02. The second-order valence-electron chi connectivity index (χ2n) is 7.51. The van der Waals surface area contributed by atoms with E-state index in [0.717, 1.165) is 0 Å². The molecule has 1 aromatic carbocycles. The largest absolute Gasteiger partial charge is 0.507 e. The Labute approximate surface area is 189 Å². The maximum atomic E-state index is 13.4. The minimum Gasteiger partial charge on any atom is -0.507 e. The third-order valence-electron chi connectivity index (χ3n) is 5.47. The molecule has 0 bridgehead atoms. The van der Waals surface area contributed by atoms with Crippen LogP contribution in [0.4, 0.5) is 0 Å². The molecule has 8 nitrogen and oxygen atoms in total. The van der Waals surface area contributed by atoms with E-state index in [0.29, 0.717) is 22.0 Å². The van der Waals surface area contributed by atoms with E-state index in [1.807, 2.05) is 0 Å². The van der Waals surface area contributed by atoms with Crippen LogP contribution < -0.4 is 11.1 Å². The van der Waals surface area contributed by atoms with E-state index in [4.69, 9.17) is 11.6 Å². The zero-order valence-corrected chi connectivity index (χ0v) is 18.5. The van der Waals surface area contributed by atoms with Crippen LogP contribution in [-0.2, 0) is 13.1 Å². The molecule has 0 amide bonds. The number of aliphatic hydroxyl groups excluding tert-OH is 2. The zero-order valence-electron chi connectivity index (χ0n) is 17.7. The van der Waals surface area contributed by atoms with Crippen molar-refractivity contribution in [3.05, 3.63) is 90.2 Å². The van der Waals surface area contributed by atoms with Gasteiger partial charge in [0.1, 0.15) is 11.5 Å². The van der Waals surface area contributed by atoms with E-state index in [-0.39, 0.29) is 48.9 Å². The van der Waals surface area contributed by atoms with Crippen LogP contribution in [0.25, 0.3) is 0 Å². The first-order valence-corrected chi connectivity index (χ1v) is 10.4. The number of rotatable bonds is 7. The van der Waals surface area contributed by atoms with Gasteiger partial charge in [-0.05, 0) is 43.7 Å². The van der Waals surface area contributed by atoms with Gasteiger partial charge in [0.2, 0.25) is 0 Å². The Bertz CT molecular complexity index is 1170. The van der Waals surface area contributed by atoms with Gasteiger partial charge in [-0.25, -0.2) is 0 Å². The maximum absolute atomic E-state index is 13.4. The lowest BCUT2D eigenvalue weighted by molar-refractivity contribution is 0.272. The van der Waals surface area contributed by atoms with Crippen LogP contribution in [-0.4, -0.2) is 42.8 Å². The van der Waals surface area contributed by atoms with Gasteiger partial charge in [0.05, 0.1) is 30.3 Å². The number of aryl methyl sites for hydroxylation is 2. The number of pyridine rings is 2. The van der Waals surface area contributed by atoms with Crippen LogP contribution in [0.3, 0.4) is 0 Å². The Morgan fingerprint density at radius 2 is 1.22 bits per heavy atom. The number of nitrogens with zero attached hydrogens (tertiary/aromatic N) is 2. The van der Waals surface area contributed by atoms with Crippen molar-refractivity contribution in [1.82, 2.24) is 9.13 Å². The Kier molecular flexibility index (Phi) is 7.08. The lowest BCUT2D eigenvalue weighted by Crippen LogP contribution is -2.33. The molecule has 3 aromatic rings. The molecule has 0 spiro atoms. The molecule has 9 heteroatoms. The predicted molar refractivity (Wildman–Crippen MR) is 121 cm³/mol. The van der Waals surface area contributed by atoms with Gasteiger partial charge < -0.3 is 29.6 Å². The number of hydrogen-bond donors (Lipinski definition) is 4. The summed E-state index contributed by atoms with van der Waals surface area (Å²) in [6, 6.07) is 9.14. The van der Waals surface area contributed by atoms with Gasteiger partial charge in [0, 0.05) is 29.5 Å². The molecule has 4 N–H and O–H groups in total. The number of aromatic hydroxyl groups is 2. The van der Waals surface area contributed by atoms with E-state index in [9.17, 15) is 30.0 Å². The summed E-state index contributed by atoms with van der Waals surface area (Å²) in [7, 11) is 0. The van der Waals surface area contributed by atoms with E-state index in [2.05, 4.69) is 0 Å². The van der Waals surface area contributed by atoms with Gasteiger partial charge in [-0.15, -0.1) is 0 Å². The van der Waals surface area contributed by atoms with Crippen molar-refractivity contribution in [1.29, 1.82) is 0 Å². The molecule has 0 unspecified atom stereocenters. The average Bonchev–Trinajstić information content (AvgIpc) is 2.73. The fourth-order valence-electron chi connectivity index (χ4n) is 3.97. The number of hydrogen-bond acceptors (Lipinski definition) is 6. The second-order valence-corrected chi connectivity index (χ2v) is 7.95. The average molecular weight is 461 g/mol. The number of halogens is 1. The standard InChI is InChI=1S/C23H25ClN2O6/c1-13-11-17(29)20(22(31)25(13)7-9-27)19(15-3-5-16(24)6-4-15)21-18(30)12-14(2)26(8-10-28)23(21)32/h3-6,11-12,19,27-30H,7-10H2,1-2H3. The van der Waals surface area contributed by atoms with Crippen molar-refractivity contribution >= 4 is 11.6 Å². The predicted octanol–water partition coefficient (Wildman–Crippen LogP) is 1.86. The van der Waals surface area contributed by atoms with Crippen LogP contribution in [0.1, 0.15) is 34.0 Å². The normalized spacial score (nSPS) is 11.3. The van der Waals surface area contributed by atoms with Crippen molar-refractivity contribution in [2.75, 3.05) is 13.2 Å². The molecule has 2 heterocycles. The molecule has 0 saturated carbocycles. The lowest BCUT2D eigenvalue weighted by atomic mass is 9.85. The molecule has 0 atom stereocenters. The first kappa shape index (κ1) is 23.6. The highest BCUT2D eigenvalue weighted by Gasteiger charge is 2.31. The van der Waals surface area contributed by atoms with Gasteiger partial charge >= 0.3 is 0 Å². The van der Waals surface area contributed by atoms with Gasteiger partial charge in [-0.3, -0.25) is 9.59 Å².